The van der Waals surface area contributed by atoms with E-state index in [4.69, 9.17) is 27.9 Å². The monoisotopic (exact) mass is 490 g/mol. The van der Waals surface area contributed by atoms with Gasteiger partial charge in [-0.2, -0.15) is 11.8 Å². The Balaban J connectivity index is 1.64. The van der Waals surface area contributed by atoms with Crippen molar-refractivity contribution in [2.45, 2.75) is 12.3 Å². The highest BCUT2D eigenvalue weighted by Gasteiger charge is 2.11. The van der Waals surface area contributed by atoms with E-state index >= 15 is 0 Å². The van der Waals surface area contributed by atoms with Crippen molar-refractivity contribution >= 4 is 50.9 Å². The quantitative estimate of drug-likeness (QED) is 0.484. The van der Waals surface area contributed by atoms with E-state index in [1.165, 1.54) is 11.4 Å². The van der Waals surface area contributed by atoms with Gasteiger partial charge >= 0.3 is 0 Å². The summed E-state index contributed by atoms with van der Waals surface area (Å²) in [5, 5.41) is 4.05. The number of benzene rings is 2. The Morgan fingerprint density at radius 3 is 2.50 bits per heavy atom. The lowest BCUT2D eigenvalue weighted by Crippen LogP contribution is -2.30. The smallest absolute Gasteiger partial charge is 0.257 e. The van der Waals surface area contributed by atoms with Crippen LogP contribution in [0.1, 0.15) is 11.1 Å². The molecule has 1 amide bonds. The maximum absolute atomic E-state index is 11.9. The maximum atomic E-state index is 11.9. The van der Waals surface area contributed by atoms with E-state index in [1.807, 2.05) is 6.07 Å². The molecule has 0 atom stereocenters. The average Bonchev–Trinajstić information content (AvgIpc) is 2.68. The molecule has 0 bridgehead atoms. The number of halogens is 2. The van der Waals surface area contributed by atoms with Gasteiger partial charge in [0.15, 0.2) is 6.61 Å². The molecule has 2 aromatic rings. The first-order valence-electron chi connectivity index (χ1n) is 9.06. The molecule has 164 valence electrons. The molecular formula is C20H24Cl2N2O4S2. The lowest BCUT2D eigenvalue weighted by Gasteiger charge is -2.14. The molecule has 0 unspecified atom stereocenters. The van der Waals surface area contributed by atoms with Gasteiger partial charge in [0.25, 0.3) is 5.91 Å². The normalized spacial score (nSPS) is 11.5. The summed E-state index contributed by atoms with van der Waals surface area (Å²) in [6, 6.07) is 12.4. The van der Waals surface area contributed by atoms with Gasteiger partial charge in [-0.05, 0) is 35.4 Å². The summed E-state index contributed by atoms with van der Waals surface area (Å²) < 4.78 is 29.6. The zero-order chi connectivity index (χ0) is 22.1. The Morgan fingerprint density at radius 2 is 1.87 bits per heavy atom. The highest BCUT2D eigenvalue weighted by atomic mass is 35.5. The van der Waals surface area contributed by atoms with E-state index in [1.54, 1.807) is 48.2 Å². The van der Waals surface area contributed by atoms with E-state index in [2.05, 4.69) is 5.32 Å². The predicted molar refractivity (Wildman–Crippen MR) is 124 cm³/mol. The van der Waals surface area contributed by atoms with Crippen LogP contribution in [0.2, 0.25) is 10.0 Å². The number of hydrogen-bond donors (Lipinski definition) is 1. The zero-order valence-electron chi connectivity index (χ0n) is 16.7. The number of thioether (sulfide) groups is 1. The van der Waals surface area contributed by atoms with Crippen LogP contribution in [0.25, 0.3) is 0 Å². The zero-order valence-corrected chi connectivity index (χ0v) is 19.9. The van der Waals surface area contributed by atoms with Gasteiger partial charge in [0.2, 0.25) is 10.0 Å². The van der Waals surface area contributed by atoms with Crippen molar-refractivity contribution in [2.24, 2.45) is 0 Å². The molecule has 2 aromatic carbocycles. The molecule has 0 fully saturated rings. The SMILES string of the molecule is CN(Cc1ccc(OCC(=O)NCCSCc2ccc(Cl)cc2Cl)cc1)S(C)(=O)=O. The molecule has 1 N–H and O–H groups in total. The number of hydrogen-bond acceptors (Lipinski definition) is 5. The Kier molecular flexibility index (Phi) is 9.77. The number of ether oxygens (including phenoxy) is 1. The van der Waals surface area contributed by atoms with Gasteiger partial charge in [-0.3, -0.25) is 4.79 Å². The first-order chi connectivity index (χ1) is 14.1. The second kappa shape index (κ2) is 11.8. The molecule has 30 heavy (non-hydrogen) atoms. The summed E-state index contributed by atoms with van der Waals surface area (Å²) in [4.78, 5) is 11.9. The van der Waals surface area contributed by atoms with Gasteiger partial charge < -0.3 is 10.1 Å². The number of rotatable bonds is 11. The van der Waals surface area contributed by atoms with Crippen molar-refractivity contribution in [1.29, 1.82) is 0 Å². The van der Waals surface area contributed by atoms with Crippen LogP contribution in [-0.2, 0) is 27.1 Å². The van der Waals surface area contributed by atoms with Crippen LogP contribution in [0.3, 0.4) is 0 Å². The van der Waals surface area contributed by atoms with Crippen molar-refractivity contribution in [1.82, 2.24) is 9.62 Å². The summed E-state index contributed by atoms with van der Waals surface area (Å²) in [5.74, 6) is 1.82. The summed E-state index contributed by atoms with van der Waals surface area (Å²) in [7, 11) is -1.71. The number of sulfonamides is 1. The van der Waals surface area contributed by atoms with E-state index in [0.29, 0.717) is 22.3 Å². The molecule has 0 aliphatic heterocycles. The summed E-state index contributed by atoms with van der Waals surface area (Å²) >= 11 is 13.7. The van der Waals surface area contributed by atoms with Gasteiger partial charge in [-0.25, -0.2) is 12.7 Å². The van der Waals surface area contributed by atoms with Crippen molar-refractivity contribution in [3.05, 3.63) is 63.6 Å². The number of carbonyl (C=O) groups is 1. The minimum atomic E-state index is -3.23. The van der Waals surface area contributed by atoms with Crippen LogP contribution in [0.15, 0.2) is 42.5 Å². The van der Waals surface area contributed by atoms with Crippen molar-refractivity contribution in [2.75, 3.05) is 32.2 Å². The molecule has 0 aliphatic carbocycles. The minimum absolute atomic E-state index is 0.0870. The molecule has 0 saturated heterocycles. The fourth-order valence-electron chi connectivity index (χ4n) is 2.35. The van der Waals surface area contributed by atoms with E-state index < -0.39 is 10.0 Å². The molecular weight excluding hydrogens is 467 g/mol. The van der Waals surface area contributed by atoms with Crippen LogP contribution in [0.4, 0.5) is 0 Å². The second-order valence-corrected chi connectivity index (χ2v) is 10.6. The molecule has 10 heteroatoms. The van der Waals surface area contributed by atoms with Crippen LogP contribution in [0, 0.1) is 0 Å². The first-order valence-corrected chi connectivity index (χ1v) is 12.8. The highest BCUT2D eigenvalue weighted by molar-refractivity contribution is 7.98. The molecule has 6 nitrogen and oxygen atoms in total. The molecule has 0 aliphatic rings. The second-order valence-electron chi connectivity index (χ2n) is 6.59. The Morgan fingerprint density at radius 1 is 1.17 bits per heavy atom. The third-order valence-electron chi connectivity index (χ3n) is 4.11. The third kappa shape index (κ3) is 8.73. The van der Waals surface area contributed by atoms with Crippen LogP contribution in [-0.4, -0.2) is 50.8 Å². The first kappa shape index (κ1) is 24.8. The standard InChI is InChI=1S/C20H24Cl2N2O4S2/c1-24(30(2,26)27)12-15-3-7-18(8-4-15)28-13-20(25)23-9-10-29-14-16-5-6-17(21)11-19(16)22/h3-8,11H,9-10,12-14H2,1-2H3,(H,23,25). The van der Waals surface area contributed by atoms with E-state index in [9.17, 15) is 13.2 Å². The van der Waals surface area contributed by atoms with Gasteiger partial charge in [-0.1, -0.05) is 41.4 Å². The highest BCUT2D eigenvalue weighted by Crippen LogP contribution is 2.24. The van der Waals surface area contributed by atoms with Crippen LogP contribution >= 0.6 is 35.0 Å². The summed E-state index contributed by atoms with van der Waals surface area (Å²) in [5.41, 5.74) is 1.84. The number of nitrogens with zero attached hydrogens (tertiary/aromatic N) is 1. The van der Waals surface area contributed by atoms with Gasteiger partial charge in [0.05, 0.1) is 6.26 Å². The lowest BCUT2D eigenvalue weighted by molar-refractivity contribution is -0.122. The topological polar surface area (TPSA) is 75.7 Å². The average molecular weight is 491 g/mol. The number of nitrogens with one attached hydrogen (secondary N) is 1. The van der Waals surface area contributed by atoms with Crippen molar-refractivity contribution in [3.8, 4) is 5.75 Å². The van der Waals surface area contributed by atoms with Gasteiger partial charge in [0.1, 0.15) is 5.75 Å². The number of carbonyl (C=O) groups excluding carboxylic acids is 1. The molecule has 0 heterocycles. The number of amides is 1. The third-order valence-corrected chi connectivity index (χ3v) is 6.96. The lowest BCUT2D eigenvalue weighted by atomic mass is 10.2. The predicted octanol–water partition coefficient (Wildman–Crippen LogP) is 3.81. The summed E-state index contributed by atoms with van der Waals surface area (Å²) in [6.45, 7) is 0.712. The maximum Gasteiger partial charge on any atom is 0.257 e. The van der Waals surface area contributed by atoms with E-state index in [-0.39, 0.29) is 19.1 Å². The largest absolute Gasteiger partial charge is 0.484 e. The van der Waals surface area contributed by atoms with Gasteiger partial charge in [0, 0.05) is 41.7 Å². The fraction of sp³-hybridized carbons (Fsp3) is 0.350. The molecule has 0 spiro atoms. The minimum Gasteiger partial charge on any atom is -0.484 e. The molecule has 0 radical (unpaired) electrons. The van der Waals surface area contributed by atoms with Crippen LogP contribution < -0.4 is 10.1 Å². The van der Waals surface area contributed by atoms with Crippen LogP contribution in [0.5, 0.6) is 5.75 Å². The Hall–Kier alpha value is -1.45. The summed E-state index contributed by atoms with van der Waals surface area (Å²) in [6.07, 6.45) is 1.16. The van der Waals surface area contributed by atoms with Crippen molar-refractivity contribution in [3.63, 3.8) is 0 Å². The Labute approximate surface area is 191 Å². The fourth-order valence-corrected chi connectivity index (χ4v) is 4.15. The van der Waals surface area contributed by atoms with E-state index in [0.717, 1.165) is 28.9 Å². The van der Waals surface area contributed by atoms with Crippen molar-refractivity contribution < 1.29 is 17.9 Å². The Bertz CT molecular complexity index is 954. The molecule has 2 rings (SSSR count). The molecule has 0 saturated carbocycles. The molecule has 0 aromatic heterocycles. The van der Waals surface area contributed by atoms with Gasteiger partial charge in [-0.15, -0.1) is 0 Å².